The van der Waals surface area contributed by atoms with Crippen LogP contribution in [0.3, 0.4) is 0 Å². The summed E-state index contributed by atoms with van der Waals surface area (Å²) < 4.78 is 12.8. The van der Waals surface area contributed by atoms with Gasteiger partial charge in [-0.3, -0.25) is 4.79 Å². The molecule has 0 rings (SSSR count). The van der Waals surface area contributed by atoms with E-state index in [-0.39, 0.29) is 0 Å². The van der Waals surface area contributed by atoms with Gasteiger partial charge in [-0.1, -0.05) is 34.8 Å². The van der Waals surface area contributed by atoms with Crippen LogP contribution < -0.4 is 10.6 Å². The molecule has 0 fully saturated rings. The third-order valence-electron chi connectivity index (χ3n) is 2.57. The average molecular weight is 510 g/mol. The number of hydrogen-bond donors (Lipinski definition) is 3. The first-order valence-corrected chi connectivity index (χ1v) is 10.2. The Labute approximate surface area is 197 Å². The van der Waals surface area contributed by atoms with Gasteiger partial charge in [0.15, 0.2) is 0 Å². The second-order valence-electron chi connectivity index (χ2n) is 8.30. The highest BCUT2D eigenvalue weighted by Gasteiger charge is 2.26. The van der Waals surface area contributed by atoms with Crippen molar-refractivity contribution in [3.8, 4) is 0 Å². The van der Waals surface area contributed by atoms with Gasteiger partial charge in [0.2, 0.25) is 3.79 Å². The van der Waals surface area contributed by atoms with Crippen LogP contribution in [0, 0.1) is 0 Å². The number of hydrogen-bond acceptors (Lipinski definition) is 7. The standard InChI is InChI=1S/C10H16Cl3NO4.C8H15NO4/c1-6(7(15)17-5-10(11,12)13)14-8(16)18-9(2,3)4;1-5(6(10)11)9-7(12)13-8(2,3)4/h6H,5H2,1-4H3,(H,14,16);5H,1-4H3,(H,9,12)(H,10,11)/t6-;5-/m00/s1. The summed E-state index contributed by atoms with van der Waals surface area (Å²) in [6.45, 7) is 12.6. The number of amides is 2. The molecule has 0 aromatic rings. The Bertz CT molecular complexity index is 625. The second kappa shape index (κ2) is 13.0. The Kier molecular flexibility index (Phi) is 13.3. The molecule has 10 nitrogen and oxygen atoms in total. The summed E-state index contributed by atoms with van der Waals surface area (Å²) >= 11 is 16.2. The van der Waals surface area contributed by atoms with Gasteiger partial charge in [0.1, 0.15) is 29.9 Å². The molecule has 0 aromatic heterocycles. The van der Waals surface area contributed by atoms with E-state index in [0.717, 1.165) is 0 Å². The minimum absolute atomic E-state index is 0.392. The largest absolute Gasteiger partial charge is 0.480 e. The second-order valence-corrected chi connectivity index (χ2v) is 10.8. The molecule has 0 saturated heterocycles. The van der Waals surface area contributed by atoms with E-state index >= 15 is 0 Å². The van der Waals surface area contributed by atoms with Crippen LogP contribution >= 0.6 is 34.8 Å². The van der Waals surface area contributed by atoms with Crippen LogP contribution in [0.25, 0.3) is 0 Å². The fraction of sp³-hybridized carbons (Fsp3) is 0.778. The minimum Gasteiger partial charge on any atom is -0.480 e. The first kappa shape index (κ1) is 31.5. The van der Waals surface area contributed by atoms with Crippen molar-refractivity contribution < 1.29 is 38.5 Å². The lowest BCUT2D eigenvalue weighted by Gasteiger charge is -2.21. The van der Waals surface area contributed by atoms with Crippen LogP contribution in [0.15, 0.2) is 0 Å². The van der Waals surface area contributed by atoms with Gasteiger partial charge in [-0.2, -0.15) is 0 Å². The molecular weight excluding hydrogens is 479 g/mol. The van der Waals surface area contributed by atoms with E-state index in [1.54, 1.807) is 41.5 Å². The van der Waals surface area contributed by atoms with Gasteiger partial charge < -0.3 is 30.0 Å². The molecule has 13 heteroatoms. The third-order valence-corrected chi connectivity index (χ3v) is 2.90. The van der Waals surface area contributed by atoms with Gasteiger partial charge in [-0.25, -0.2) is 14.4 Å². The number of alkyl halides is 3. The number of ether oxygens (including phenoxy) is 3. The van der Waals surface area contributed by atoms with Crippen molar-refractivity contribution in [2.45, 2.75) is 82.5 Å². The number of carboxylic acid groups (broad SMARTS) is 1. The number of alkyl carbamates (subject to hydrolysis) is 2. The molecule has 182 valence electrons. The summed E-state index contributed by atoms with van der Waals surface area (Å²) in [4.78, 5) is 44.1. The maximum atomic E-state index is 11.4. The Morgan fingerprint density at radius 3 is 1.45 bits per heavy atom. The lowest BCUT2D eigenvalue weighted by Crippen LogP contribution is -2.43. The van der Waals surface area contributed by atoms with Crippen LogP contribution in [-0.4, -0.2) is 62.9 Å². The monoisotopic (exact) mass is 508 g/mol. The smallest absolute Gasteiger partial charge is 0.408 e. The van der Waals surface area contributed by atoms with E-state index < -0.39 is 57.8 Å². The van der Waals surface area contributed by atoms with Crippen LogP contribution in [-0.2, 0) is 23.8 Å². The van der Waals surface area contributed by atoms with Crippen LogP contribution in [0.5, 0.6) is 0 Å². The predicted molar refractivity (Wildman–Crippen MR) is 117 cm³/mol. The number of rotatable bonds is 5. The minimum atomic E-state index is -1.68. The van der Waals surface area contributed by atoms with Crippen molar-refractivity contribution in [1.29, 1.82) is 0 Å². The maximum Gasteiger partial charge on any atom is 0.408 e. The van der Waals surface area contributed by atoms with Gasteiger partial charge in [0.05, 0.1) is 0 Å². The Morgan fingerprint density at radius 2 is 1.16 bits per heavy atom. The van der Waals surface area contributed by atoms with Crippen LogP contribution in [0.1, 0.15) is 55.4 Å². The molecule has 0 unspecified atom stereocenters. The molecule has 0 aliphatic carbocycles. The molecule has 0 spiro atoms. The first-order valence-electron chi connectivity index (χ1n) is 9.08. The Balaban J connectivity index is 0. The highest BCUT2D eigenvalue weighted by Crippen LogP contribution is 2.26. The van der Waals surface area contributed by atoms with Gasteiger partial charge in [-0.05, 0) is 55.4 Å². The lowest BCUT2D eigenvalue weighted by atomic mass is 10.2. The van der Waals surface area contributed by atoms with Crippen LogP contribution in [0.2, 0.25) is 0 Å². The average Bonchev–Trinajstić information content (AvgIpc) is 2.48. The number of esters is 1. The number of halogens is 3. The molecule has 0 bridgehead atoms. The normalized spacial score (nSPS) is 13.5. The van der Waals surface area contributed by atoms with Gasteiger partial charge in [0, 0.05) is 0 Å². The highest BCUT2D eigenvalue weighted by molar-refractivity contribution is 6.67. The summed E-state index contributed by atoms with van der Waals surface area (Å²) in [7, 11) is 0. The molecule has 2 amide bonds. The van der Waals surface area contributed by atoms with Gasteiger partial charge in [0.25, 0.3) is 0 Å². The third kappa shape index (κ3) is 21.4. The summed E-state index contributed by atoms with van der Waals surface area (Å²) in [5.41, 5.74) is -1.26. The lowest BCUT2D eigenvalue weighted by molar-refractivity contribution is -0.145. The van der Waals surface area contributed by atoms with E-state index in [1.807, 2.05) is 0 Å². The molecule has 31 heavy (non-hydrogen) atoms. The van der Waals surface area contributed by atoms with Crippen molar-refractivity contribution in [1.82, 2.24) is 10.6 Å². The predicted octanol–water partition coefficient (Wildman–Crippen LogP) is 3.80. The molecular formula is C18H31Cl3N2O8. The van der Waals surface area contributed by atoms with Gasteiger partial charge in [-0.15, -0.1) is 0 Å². The number of carbonyl (C=O) groups excluding carboxylic acids is 3. The number of carbonyl (C=O) groups is 4. The molecule has 0 saturated carbocycles. The summed E-state index contributed by atoms with van der Waals surface area (Å²) in [6.07, 6.45) is -1.44. The van der Waals surface area contributed by atoms with E-state index in [2.05, 4.69) is 10.6 Å². The molecule has 2 atom stereocenters. The van der Waals surface area contributed by atoms with Crippen molar-refractivity contribution in [2.24, 2.45) is 0 Å². The quantitative estimate of drug-likeness (QED) is 0.289. The maximum absolute atomic E-state index is 11.4. The van der Waals surface area contributed by atoms with E-state index in [9.17, 15) is 19.2 Å². The van der Waals surface area contributed by atoms with Gasteiger partial charge >= 0.3 is 24.1 Å². The van der Waals surface area contributed by atoms with Crippen molar-refractivity contribution >= 4 is 58.9 Å². The highest BCUT2D eigenvalue weighted by atomic mass is 35.6. The zero-order valence-electron chi connectivity index (χ0n) is 18.8. The van der Waals surface area contributed by atoms with E-state index in [1.165, 1.54) is 13.8 Å². The molecule has 0 radical (unpaired) electrons. The van der Waals surface area contributed by atoms with Crippen molar-refractivity contribution in [2.75, 3.05) is 6.61 Å². The number of carboxylic acids is 1. The van der Waals surface area contributed by atoms with Crippen molar-refractivity contribution in [3.05, 3.63) is 0 Å². The van der Waals surface area contributed by atoms with E-state index in [4.69, 9.17) is 54.1 Å². The molecule has 0 aliphatic rings. The molecule has 0 aromatic carbocycles. The molecule has 3 N–H and O–H groups in total. The SMILES string of the molecule is C[C@H](NC(=O)OC(C)(C)C)C(=O)O.C[C@H](NC(=O)OC(C)(C)C)C(=O)OCC(Cl)(Cl)Cl. The Hall–Kier alpha value is -1.65. The zero-order chi connectivity index (χ0) is 25.2. The fourth-order valence-corrected chi connectivity index (χ4v) is 1.53. The number of nitrogens with one attached hydrogen (secondary N) is 2. The zero-order valence-corrected chi connectivity index (χ0v) is 21.1. The van der Waals surface area contributed by atoms with Crippen LogP contribution in [0.4, 0.5) is 9.59 Å². The molecule has 0 aliphatic heterocycles. The first-order chi connectivity index (χ1) is 13.6. The van der Waals surface area contributed by atoms with E-state index in [0.29, 0.717) is 0 Å². The Morgan fingerprint density at radius 1 is 0.806 bits per heavy atom. The summed E-state index contributed by atoms with van der Waals surface area (Å²) in [5, 5.41) is 12.9. The molecule has 0 heterocycles. The topological polar surface area (TPSA) is 140 Å². The summed E-state index contributed by atoms with van der Waals surface area (Å²) in [6, 6.07) is -1.83. The number of aliphatic carboxylic acids is 1. The summed E-state index contributed by atoms with van der Waals surface area (Å²) in [5.74, 6) is -1.81. The fourth-order valence-electron chi connectivity index (χ4n) is 1.37. The van der Waals surface area contributed by atoms with Crippen molar-refractivity contribution in [3.63, 3.8) is 0 Å².